The molecule has 1 heteroatoms. The van der Waals surface area contributed by atoms with Crippen LogP contribution in [0.3, 0.4) is 0 Å². The van der Waals surface area contributed by atoms with Crippen molar-refractivity contribution in [2.45, 2.75) is 44.9 Å². The van der Waals surface area contributed by atoms with Gasteiger partial charge in [-0.15, -0.1) is 0 Å². The zero-order valence-corrected chi connectivity index (χ0v) is 12.9. The molecule has 0 radical (unpaired) electrons. The van der Waals surface area contributed by atoms with Crippen LogP contribution in [0, 0.1) is 6.92 Å². The fourth-order valence-electron chi connectivity index (χ4n) is 3.76. The van der Waals surface area contributed by atoms with Crippen molar-refractivity contribution in [3.8, 4) is 0 Å². The fraction of sp³-hybridized carbons (Fsp3) is 0.350. The van der Waals surface area contributed by atoms with Crippen LogP contribution in [0.2, 0.25) is 0 Å². The highest BCUT2D eigenvalue weighted by atomic mass is 16.1. The second kappa shape index (κ2) is 5.48. The van der Waals surface area contributed by atoms with Crippen LogP contribution >= 0.6 is 0 Å². The van der Waals surface area contributed by atoms with E-state index in [1.54, 1.807) is 0 Å². The number of Topliss-reactive ketones (excluding diaryl/α,β-unsaturated/α-hetero) is 1. The summed E-state index contributed by atoms with van der Waals surface area (Å²) in [7, 11) is 0. The average molecular weight is 278 g/mol. The van der Waals surface area contributed by atoms with E-state index < -0.39 is 0 Å². The molecule has 0 heterocycles. The number of unbranched alkanes of at least 4 members (excludes halogenated alkanes) is 1. The van der Waals surface area contributed by atoms with Crippen LogP contribution in [0.5, 0.6) is 0 Å². The van der Waals surface area contributed by atoms with Crippen molar-refractivity contribution in [3.05, 3.63) is 70.8 Å². The molecule has 2 aromatic rings. The molecule has 0 amide bonds. The van der Waals surface area contributed by atoms with Gasteiger partial charge in [0.1, 0.15) is 0 Å². The van der Waals surface area contributed by atoms with Gasteiger partial charge in [-0.2, -0.15) is 0 Å². The summed E-state index contributed by atoms with van der Waals surface area (Å²) in [6.45, 7) is 4.27. The minimum atomic E-state index is -0.115. The van der Waals surface area contributed by atoms with Gasteiger partial charge in [-0.25, -0.2) is 0 Å². The lowest BCUT2D eigenvalue weighted by Gasteiger charge is -2.30. The Hall–Kier alpha value is -1.89. The third-order valence-corrected chi connectivity index (χ3v) is 4.81. The number of ketones is 1. The van der Waals surface area contributed by atoms with Gasteiger partial charge in [0, 0.05) is 17.4 Å². The quantitative estimate of drug-likeness (QED) is 0.764. The Bertz CT molecular complexity index is 657. The Morgan fingerprint density at radius 1 is 1.05 bits per heavy atom. The molecule has 1 nitrogen and oxygen atoms in total. The van der Waals surface area contributed by atoms with E-state index in [0.717, 1.165) is 30.4 Å². The first-order valence-corrected chi connectivity index (χ1v) is 7.88. The lowest BCUT2D eigenvalue weighted by atomic mass is 9.72. The molecule has 1 aliphatic rings. The summed E-state index contributed by atoms with van der Waals surface area (Å²) in [6, 6.07) is 16.9. The highest BCUT2D eigenvalue weighted by molar-refractivity contribution is 6.04. The number of carbonyl (C=O) groups excluding carboxylic acids is 1. The summed E-state index contributed by atoms with van der Waals surface area (Å²) < 4.78 is 0. The number of benzene rings is 2. The Morgan fingerprint density at radius 3 is 2.52 bits per heavy atom. The zero-order chi connectivity index (χ0) is 14.9. The first-order valence-electron chi connectivity index (χ1n) is 7.88. The third kappa shape index (κ3) is 2.21. The molecule has 0 bridgehead atoms. The number of rotatable bonds is 4. The van der Waals surface area contributed by atoms with Crippen molar-refractivity contribution in [3.63, 3.8) is 0 Å². The maximum atomic E-state index is 12.6. The molecule has 108 valence electrons. The lowest BCUT2D eigenvalue weighted by Crippen LogP contribution is -2.25. The van der Waals surface area contributed by atoms with Gasteiger partial charge >= 0.3 is 0 Å². The van der Waals surface area contributed by atoms with Crippen molar-refractivity contribution < 1.29 is 4.79 Å². The molecule has 1 aliphatic carbocycles. The number of fused-ring (bicyclic) bond motifs is 1. The largest absolute Gasteiger partial charge is 0.294 e. The van der Waals surface area contributed by atoms with Gasteiger partial charge in [0.25, 0.3) is 0 Å². The third-order valence-electron chi connectivity index (χ3n) is 4.81. The van der Waals surface area contributed by atoms with Gasteiger partial charge in [0.2, 0.25) is 0 Å². The molecule has 0 saturated carbocycles. The van der Waals surface area contributed by atoms with Crippen molar-refractivity contribution >= 4 is 5.78 Å². The number of hydrogen-bond donors (Lipinski definition) is 0. The average Bonchev–Trinajstić information content (AvgIpc) is 2.81. The molecule has 0 fully saturated rings. The van der Waals surface area contributed by atoms with Gasteiger partial charge in [-0.05, 0) is 30.0 Å². The molecular formula is C20H22O. The van der Waals surface area contributed by atoms with Gasteiger partial charge < -0.3 is 0 Å². The van der Waals surface area contributed by atoms with Gasteiger partial charge in [0.15, 0.2) is 5.78 Å². The summed E-state index contributed by atoms with van der Waals surface area (Å²) in [4.78, 5) is 12.6. The first kappa shape index (κ1) is 14.1. The van der Waals surface area contributed by atoms with E-state index in [0.29, 0.717) is 12.2 Å². The fourth-order valence-corrected chi connectivity index (χ4v) is 3.76. The number of aryl methyl sites for hydroxylation is 1. The van der Waals surface area contributed by atoms with E-state index in [2.05, 4.69) is 56.3 Å². The van der Waals surface area contributed by atoms with E-state index >= 15 is 0 Å². The molecule has 3 rings (SSSR count). The monoisotopic (exact) mass is 278 g/mol. The second-order valence-corrected chi connectivity index (χ2v) is 6.15. The highest BCUT2D eigenvalue weighted by Crippen LogP contribution is 2.48. The minimum absolute atomic E-state index is 0.115. The van der Waals surface area contributed by atoms with Crippen LogP contribution in [-0.4, -0.2) is 5.78 Å². The topological polar surface area (TPSA) is 17.1 Å². The SMILES string of the molecule is CCCCC1(c2ccccc2)CC(=O)c2c(C)cccc21. The Morgan fingerprint density at radius 2 is 1.81 bits per heavy atom. The van der Waals surface area contributed by atoms with E-state index in [9.17, 15) is 4.79 Å². The predicted molar refractivity (Wildman–Crippen MR) is 86.9 cm³/mol. The Labute approximate surface area is 127 Å². The molecule has 0 saturated heterocycles. The summed E-state index contributed by atoms with van der Waals surface area (Å²) >= 11 is 0. The summed E-state index contributed by atoms with van der Waals surface area (Å²) in [5.74, 6) is 0.308. The molecule has 0 N–H and O–H groups in total. The molecule has 1 atom stereocenters. The molecule has 2 aromatic carbocycles. The molecule has 0 aliphatic heterocycles. The van der Waals surface area contributed by atoms with E-state index in [-0.39, 0.29) is 5.41 Å². The lowest BCUT2D eigenvalue weighted by molar-refractivity contribution is 0.0977. The Balaban J connectivity index is 2.20. The van der Waals surface area contributed by atoms with Crippen LogP contribution in [-0.2, 0) is 5.41 Å². The van der Waals surface area contributed by atoms with E-state index in [4.69, 9.17) is 0 Å². The maximum Gasteiger partial charge on any atom is 0.164 e. The van der Waals surface area contributed by atoms with E-state index in [1.807, 2.05) is 6.07 Å². The maximum absolute atomic E-state index is 12.6. The van der Waals surface area contributed by atoms with Crippen LogP contribution in [0.15, 0.2) is 48.5 Å². The molecular weight excluding hydrogens is 256 g/mol. The highest BCUT2D eigenvalue weighted by Gasteiger charge is 2.44. The molecule has 0 spiro atoms. The normalized spacial score (nSPS) is 20.6. The van der Waals surface area contributed by atoms with Crippen molar-refractivity contribution in [1.29, 1.82) is 0 Å². The molecule has 0 aromatic heterocycles. The second-order valence-electron chi connectivity index (χ2n) is 6.15. The smallest absolute Gasteiger partial charge is 0.164 e. The van der Waals surface area contributed by atoms with E-state index in [1.165, 1.54) is 11.1 Å². The van der Waals surface area contributed by atoms with Gasteiger partial charge in [-0.1, -0.05) is 68.3 Å². The zero-order valence-electron chi connectivity index (χ0n) is 12.9. The summed E-state index contributed by atoms with van der Waals surface area (Å²) in [6.07, 6.45) is 3.98. The van der Waals surface area contributed by atoms with Crippen molar-refractivity contribution in [2.75, 3.05) is 0 Å². The van der Waals surface area contributed by atoms with Crippen LogP contribution in [0.1, 0.15) is 59.7 Å². The first-order chi connectivity index (χ1) is 10.2. The van der Waals surface area contributed by atoms with Crippen LogP contribution < -0.4 is 0 Å². The number of carbonyl (C=O) groups is 1. The molecule has 21 heavy (non-hydrogen) atoms. The van der Waals surface area contributed by atoms with Crippen LogP contribution in [0.25, 0.3) is 0 Å². The Kier molecular flexibility index (Phi) is 3.67. The summed E-state index contributed by atoms with van der Waals surface area (Å²) in [5, 5.41) is 0. The van der Waals surface area contributed by atoms with Crippen molar-refractivity contribution in [1.82, 2.24) is 0 Å². The number of hydrogen-bond acceptors (Lipinski definition) is 1. The van der Waals surface area contributed by atoms with Crippen molar-refractivity contribution in [2.24, 2.45) is 0 Å². The van der Waals surface area contributed by atoms with Crippen LogP contribution in [0.4, 0.5) is 0 Å². The summed E-state index contributed by atoms with van der Waals surface area (Å²) in [5.41, 5.74) is 4.50. The standard InChI is InChI=1S/C20H22O/c1-3-4-13-20(16-10-6-5-7-11-16)14-18(21)19-15(2)9-8-12-17(19)20/h5-12H,3-4,13-14H2,1-2H3. The van der Waals surface area contributed by atoms with Gasteiger partial charge in [-0.3, -0.25) is 4.79 Å². The van der Waals surface area contributed by atoms with Gasteiger partial charge in [0.05, 0.1) is 0 Å². The molecule has 1 unspecified atom stereocenters. The minimum Gasteiger partial charge on any atom is -0.294 e. The predicted octanol–water partition coefficient (Wildman–Crippen LogP) is 5.06.